The van der Waals surface area contributed by atoms with Crippen molar-refractivity contribution in [2.45, 2.75) is 58.0 Å². The lowest BCUT2D eigenvalue weighted by Crippen LogP contribution is -2.50. The zero-order valence-electron chi connectivity index (χ0n) is 11.3. The number of carbonyl (C=O) groups excluding carboxylic acids is 2. The fraction of sp³-hybridized carbons (Fsp3) is 0.846. The molecular formula is C13H24N2O3. The minimum atomic E-state index is -0.579. The van der Waals surface area contributed by atoms with E-state index in [4.69, 9.17) is 4.74 Å². The molecule has 104 valence electrons. The Morgan fingerprint density at radius 3 is 2.78 bits per heavy atom. The molecule has 0 radical (unpaired) electrons. The first-order chi connectivity index (χ1) is 8.65. The Morgan fingerprint density at radius 2 is 2.06 bits per heavy atom. The predicted octanol–water partition coefficient (Wildman–Crippen LogP) is 0.976. The largest absolute Gasteiger partial charge is 0.464 e. The second-order valence-electron chi connectivity index (χ2n) is 4.69. The van der Waals surface area contributed by atoms with E-state index >= 15 is 0 Å². The van der Waals surface area contributed by atoms with Crippen LogP contribution in [0.1, 0.15) is 46.0 Å². The normalized spacial score (nSPS) is 22.4. The zero-order valence-corrected chi connectivity index (χ0v) is 11.3. The van der Waals surface area contributed by atoms with E-state index in [1.807, 2.05) is 0 Å². The van der Waals surface area contributed by atoms with Crippen molar-refractivity contribution in [3.05, 3.63) is 0 Å². The highest BCUT2D eigenvalue weighted by molar-refractivity contribution is 5.87. The van der Waals surface area contributed by atoms with Crippen molar-refractivity contribution >= 4 is 11.9 Å². The van der Waals surface area contributed by atoms with Gasteiger partial charge in [-0.2, -0.15) is 0 Å². The van der Waals surface area contributed by atoms with Crippen molar-refractivity contribution in [2.24, 2.45) is 0 Å². The molecule has 1 aliphatic rings. The van der Waals surface area contributed by atoms with E-state index in [9.17, 15) is 9.59 Å². The van der Waals surface area contributed by atoms with Crippen LogP contribution in [0.4, 0.5) is 0 Å². The summed E-state index contributed by atoms with van der Waals surface area (Å²) in [6, 6.07) is -0.758. The molecule has 2 unspecified atom stereocenters. The number of amides is 1. The molecule has 1 saturated heterocycles. The van der Waals surface area contributed by atoms with Gasteiger partial charge in [0, 0.05) is 0 Å². The van der Waals surface area contributed by atoms with Crippen molar-refractivity contribution in [3.8, 4) is 0 Å². The van der Waals surface area contributed by atoms with Crippen molar-refractivity contribution in [3.63, 3.8) is 0 Å². The molecule has 0 bridgehead atoms. The fourth-order valence-electron chi connectivity index (χ4n) is 2.07. The Bertz CT molecular complexity index is 273. The Morgan fingerprint density at radius 1 is 1.33 bits per heavy atom. The van der Waals surface area contributed by atoms with Crippen LogP contribution in [0.2, 0.25) is 0 Å². The average Bonchev–Trinajstić information content (AvgIpc) is 2.28. The second kappa shape index (κ2) is 8.08. The van der Waals surface area contributed by atoms with Crippen LogP contribution in [0.15, 0.2) is 0 Å². The van der Waals surface area contributed by atoms with Gasteiger partial charge in [-0.25, -0.2) is 4.79 Å². The molecule has 1 heterocycles. The van der Waals surface area contributed by atoms with E-state index in [0.717, 1.165) is 25.8 Å². The van der Waals surface area contributed by atoms with Crippen molar-refractivity contribution in [1.29, 1.82) is 0 Å². The third kappa shape index (κ3) is 5.04. The summed E-state index contributed by atoms with van der Waals surface area (Å²) in [4.78, 5) is 23.4. The summed E-state index contributed by atoms with van der Waals surface area (Å²) >= 11 is 0. The quantitative estimate of drug-likeness (QED) is 0.736. The molecule has 0 aliphatic carbocycles. The van der Waals surface area contributed by atoms with E-state index < -0.39 is 6.04 Å². The van der Waals surface area contributed by atoms with Crippen LogP contribution in [-0.2, 0) is 14.3 Å². The van der Waals surface area contributed by atoms with E-state index in [0.29, 0.717) is 6.61 Å². The molecule has 5 heteroatoms. The number of hydrogen-bond donors (Lipinski definition) is 2. The lowest BCUT2D eigenvalue weighted by atomic mass is 10.0. The van der Waals surface area contributed by atoms with E-state index in [-0.39, 0.29) is 17.9 Å². The maximum absolute atomic E-state index is 12.0. The first-order valence-corrected chi connectivity index (χ1v) is 6.85. The lowest BCUT2D eigenvalue weighted by Gasteiger charge is -2.22. The average molecular weight is 256 g/mol. The molecule has 0 aromatic heterocycles. The highest BCUT2D eigenvalue weighted by Gasteiger charge is 2.23. The number of ether oxygens (including phenoxy) is 1. The molecule has 1 rings (SSSR count). The third-order valence-electron chi connectivity index (χ3n) is 3.13. The van der Waals surface area contributed by atoms with E-state index in [2.05, 4.69) is 10.6 Å². The molecule has 5 nitrogen and oxygen atoms in total. The Hall–Kier alpha value is -1.10. The van der Waals surface area contributed by atoms with Crippen molar-refractivity contribution in [2.75, 3.05) is 13.2 Å². The van der Waals surface area contributed by atoms with Gasteiger partial charge in [0.1, 0.15) is 6.04 Å². The molecular weight excluding hydrogens is 232 g/mol. The number of nitrogens with one attached hydrogen (secondary N) is 2. The summed E-state index contributed by atoms with van der Waals surface area (Å²) in [7, 11) is 0. The summed E-state index contributed by atoms with van der Waals surface area (Å²) in [6.07, 6.45) is 5.40. The summed E-state index contributed by atoms with van der Waals surface area (Å²) in [5.41, 5.74) is 0. The Balaban J connectivity index is 2.39. The summed E-state index contributed by atoms with van der Waals surface area (Å²) in [6.45, 7) is 4.61. The van der Waals surface area contributed by atoms with Gasteiger partial charge in [-0.05, 0) is 33.2 Å². The van der Waals surface area contributed by atoms with Gasteiger partial charge in [0.25, 0.3) is 0 Å². The van der Waals surface area contributed by atoms with Gasteiger partial charge < -0.3 is 15.4 Å². The molecule has 1 amide bonds. The zero-order chi connectivity index (χ0) is 13.4. The number of hydrogen-bond acceptors (Lipinski definition) is 4. The van der Waals surface area contributed by atoms with Gasteiger partial charge >= 0.3 is 5.97 Å². The van der Waals surface area contributed by atoms with Gasteiger partial charge in [0.2, 0.25) is 5.91 Å². The van der Waals surface area contributed by atoms with Gasteiger partial charge in [-0.3, -0.25) is 4.79 Å². The highest BCUT2D eigenvalue weighted by Crippen LogP contribution is 2.09. The van der Waals surface area contributed by atoms with Crippen LogP contribution in [0.5, 0.6) is 0 Å². The van der Waals surface area contributed by atoms with Crippen LogP contribution in [-0.4, -0.2) is 37.1 Å². The summed E-state index contributed by atoms with van der Waals surface area (Å²) in [5.74, 6) is -0.478. The van der Waals surface area contributed by atoms with Crippen LogP contribution in [0.3, 0.4) is 0 Å². The van der Waals surface area contributed by atoms with Crippen LogP contribution in [0.25, 0.3) is 0 Å². The minimum absolute atomic E-state index is 0.0996. The molecule has 2 N–H and O–H groups in total. The minimum Gasteiger partial charge on any atom is -0.464 e. The molecule has 1 aliphatic heterocycles. The molecule has 0 aromatic carbocycles. The van der Waals surface area contributed by atoms with Crippen LogP contribution < -0.4 is 10.6 Å². The maximum atomic E-state index is 12.0. The topological polar surface area (TPSA) is 67.4 Å². The maximum Gasteiger partial charge on any atom is 0.328 e. The first kappa shape index (κ1) is 15.0. The highest BCUT2D eigenvalue weighted by atomic mass is 16.5. The Labute approximate surface area is 109 Å². The standard InChI is InChI=1S/C13H24N2O3/c1-3-18-13(17)10(2)15-12(16)11-8-6-4-5-7-9-14-11/h10-11,14H,3-9H2,1-2H3,(H,15,16). The van der Waals surface area contributed by atoms with Crippen molar-refractivity contribution < 1.29 is 14.3 Å². The monoisotopic (exact) mass is 256 g/mol. The van der Waals surface area contributed by atoms with Gasteiger partial charge in [0.15, 0.2) is 0 Å². The summed E-state index contributed by atoms with van der Waals surface area (Å²) in [5, 5.41) is 5.94. The third-order valence-corrected chi connectivity index (χ3v) is 3.13. The number of rotatable bonds is 4. The molecule has 0 spiro atoms. The van der Waals surface area contributed by atoms with E-state index in [1.54, 1.807) is 13.8 Å². The first-order valence-electron chi connectivity index (χ1n) is 6.85. The lowest BCUT2D eigenvalue weighted by molar-refractivity contribution is -0.147. The van der Waals surface area contributed by atoms with Crippen molar-refractivity contribution in [1.82, 2.24) is 10.6 Å². The SMILES string of the molecule is CCOC(=O)C(C)NC(=O)C1CCCCCCN1. The predicted molar refractivity (Wildman–Crippen MR) is 69.1 cm³/mol. The number of carbonyl (C=O) groups is 2. The molecule has 2 atom stereocenters. The second-order valence-corrected chi connectivity index (χ2v) is 4.69. The molecule has 18 heavy (non-hydrogen) atoms. The fourth-order valence-corrected chi connectivity index (χ4v) is 2.07. The molecule has 0 saturated carbocycles. The molecule has 0 aromatic rings. The van der Waals surface area contributed by atoms with Gasteiger partial charge in [0.05, 0.1) is 12.6 Å². The Kier molecular flexibility index (Phi) is 6.72. The van der Waals surface area contributed by atoms with E-state index in [1.165, 1.54) is 12.8 Å². The molecule has 1 fully saturated rings. The van der Waals surface area contributed by atoms with Crippen LogP contribution in [0, 0.1) is 0 Å². The number of esters is 1. The smallest absolute Gasteiger partial charge is 0.328 e. The van der Waals surface area contributed by atoms with Gasteiger partial charge in [-0.15, -0.1) is 0 Å². The van der Waals surface area contributed by atoms with Gasteiger partial charge in [-0.1, -0.05) is 19.3 Å². The van der Waals surface area contributed by atoms with Crippen LogP contribution >= 0.6 is 0 Å². The summed E-state index contributed by atoms with van der Waals surface area (Å²) < 4.78 is 4.86.